The van der Waals surface area contributed by atoms with E-state index >= 15 is 0 Å². The van der Waals surface area contributed by atoms with E-state index < -0.39 is 11.4 Å². The standard InChI is InChI=1S/C27H19FN2O2S2/c1-2-27(31,26-30-6-8-33-26)20-12-21(28)14-23(13-20)34-22-3-4-24-19(11-22)9-17(15-29)10-25(24)18-5-7-32-16-18/h3-14,16,31H,2H2,1H3. The molecule has 168 valence electrons. The maximum Gasteiger partial charge on any atom is 0.141 e. The summed E-state index contributed by atoms with van der Waals surface area (Å²) in [7, 11) is 0. The molecule has 0 spiro atoms. The van der Waals surface area contributed by atoms with Gasteiger partial charge in [-0.15, -0.1) is 11.3 Å². The van der Waals surface area contributed by atoms with Gasteiger partial charge in [0, 0.05) is 26.9 Å². The highest BCUT2D eigenvalue weighted by Gasteiger charge is 2.33. The van der Waals surface area contributed by atoms with E-state index in [0.717, 1.165) is 26.8 Å². The predicted molar refractivity (Wildman–Crippen MR) is 132 cm³/mol. The SMILES string of the molecule is CCC(O)(c1cc(F)cc(Sc2ccc3c(-c4ccoc4)cc(C#N)cc3c2)c1)c1nccs1. The molecule has 2 heterocycles. The molecule has 0 fully saturated rings. The normalized spacial score (nSPS) is 13.0. The van der Waals surface area contributed by atoms with Crippen molar-refractivity contribution in [1.82, 2.24) is 4.98 Å². The molecule has 1 atom stereocenters. The average molecular weight is 487 g/mol. The van der Waals surface area contributed by atoms with Gasteiger partial charge in [-0.25, -0.2) is 9.37 Å². The first kappa shape index (κ1) is 22.4. The number of aliphatic hydroxyl groups is 1. The molecular weight excluding hydrogens is 467 g/mol. The predicted octanol–water partition coefficient (Wildman–Crippen LogP) is 7.36. The van der Waals surface area contributed by atoms with Gasteiger partial charge in [0.1, 0.15) is 16.4 Å². The zero-order valence-corrected chi connectivity index (χ0v) is 19.8. The molecule has 7 heteroatoms. The van der Waals surface area contributed by atoms with Crippen molar-refractivity contribution in [1.29, 1.82) is 5.26 Å². The van der Waals surface area contributed by atoms with Gasteiger partial charge in [0.05, 0.1) is 24.2 Å². The number of benzene rings is 3. The highest BCUT2D eigenvalue weighted by molar-refractivity contribution is 7.99. The van der Waals surface area contributed by atoms with Crippen LogP contribution in [-0.4, -0.2) is 10.1 Å². The summed E-state index contributed by atoms with van der Waals surface area (Å²) in [6.07, 6.45) is 5.27. The first-order chi connectivity index (χ1) is 16.5. The molecule has 0 aliphatic heterocycles. The third-order valence-electron chi connectivity index (χ3n) is 5.77. The first-order valence-electron chi connectivity index (χ1n) is 10.6. The van der Waals surface area contributed by atoms with Crippen molar-refractivity contribution in [3.8, 4) is 17.2 Å². The molecule has 0 aliphatic carbocycles. The Morgan fingerprint density at radius 3 is 2.74 bits per heavy atom. The molecule has 4 nitrogen and oxygen atoms in total. The van der Waals surface area contributed by atoms with Gasteiger partial charge in [-0.3, -0.25) is 0 Å². The summed E-state index contributed by atoms with van der Waals surface area (Å²) in [6.45, 7) is 1.85. The Morgan fingerprint density at radius 1 is 1.15 bits per heavy atom. The molecule has 0 saturated heterocycles. The lowest BCUT2D eigenvalue weighted by Crippen LogP contribution is -2.26. The maximum atomic E-state index is 14.6. The number of nitrogens with zero attached hydrogens (tertiary/aromatic N) is 2. The Balaban J connectivity index is 1.54. The Morgan fingerprint density at radius 2 is 2.03 bits per heavy atom. The quantitative estimate of drug-likeness (QED) is 0.271. The molecule has 0 saturated carbocycles. The fraction of sp³-hybridized carbons (Fsp3) is 0.111. The van der Waals surface area contributed by atoms with Gasteiger partial charge in [0.25, 0.3) is 0 Å². The first-order valence-corrected chi connectivity index (χ1v) is 12.3. The van der Waals surface area contributed by atoms with Gasteiger partial charge >= 0.3 is 0 Å². The van der Waals surface area contributed by atoms with E-state index in [9.17, 15) is 14.8 Å². The monoisotopic (exact) mass is 486 g/mol. The Labute approximate surface area is 204 Å². The second-order valence-corrected chi connectivity index (χ2v) is 9.90. The highest BCUT2D eigenvalue weighted by atomic mass is 32.2. The lowest BCUT2D eigenvalue weighted by Gasteiger charge is -2.25. The Hall–Kier alpha value is -3.44. The van der Waals surface area contributed by atoms with Crippen LogP contribution in [0.2, 0.25) is 0 Å². The van der Waals surface area contributed by atoms with Crippen LogP contribution in [0.15, 0.2) is 92.9 Å². The van der Waals surface area contributed by atoms with E-state index in [4.69, 9.17) is 4.42 Å². The van der Waals surface area contributed by atoms with Crippen LogP contribution in [0.1, 0.15) is 29.5 Å². The molecule has 0 bridgehead atoms. The molecule has 3 aromatic carbocycles. The third-order valence-corrected chi connectivity index (χ3v) is 7.65. The molecule has 1 N–H and O–H groups in total. The van der Waals surface area contributed by atoms with Crippen LogP contribution >= 0.6 is 23.1 Å². The molecular formula is C27H19FN2O2S2. The fourth-order valence-corrected chi connectivity index (χ4v) is 5.82. The van der Waals surface area contributed by atoms with Gasteiger partial charge in [-0.2, -0.15) is 5.26 Å². The largest absolute Gasteiger partial charge is 0.472 e. The van der Waals surface area contributed by atoms with Gasteiger partial charge in [0.2, 0.25) is 0 Å². The molecule has 34 heavy (non-hydrogen) atoms. The molecule has 2 aromatic heterocycles. The van der Waals surface area contributed by atoms with Crippen LogP contribution in [0.4, 0.5) is 4.39 Å². The lowest BCUT2D eigenvalue weighted by atomic mass is 9.92. The number of furan rings is 1. The summed E-state index contributed by atoms with van der Waals surface area (Å²) in [4.78, 5) is 5.83. The highest BCUT2D eigenvalue weighted by Crippen LogP contribution is 2.39. The number of halogens is 1. The van der Waals surface area contributed by atoms with Gasteiger partial charge in [0.15, 0.2) is 0 Å². The van der Waals surface area contributed by atoms with Crippen LogP contribution in [0.5, 0.6) is 0 Å². The van der Waals surface area contributed by atoms with Crippen molar-refractivity contribution >= 4 is 33.9 Å². The van der Waals surface area contributed by atoms with Crippen molar-refractivity contribution in [2.75, 3.05) is 0 Å². The van der Waals surface area contributed by atoms with Crippen LogP contribution in [0, 0.1) is 17.1 Å². The molecule has 5 aromatic rings. The topological polar surface area (TPSA) is 70.1 Å². The summed E-state index contributed by atoms with van der Waals surface area (Å²) in [5.41, 5.74) is 1.50. The van der Waals surface area contributed by atoms with Crippen molar-refractivity contribution < 1.29 is 13.9 Å². The Bertz CT molecular complexity index is 1510. The van der Waals surface area contributed by atoms with Gasteiger partial charge < -0.3 is 9.52 Å². The smallest absolute Gasteiger partial charge is 0.141 e. The minimum absolute atomic E-state index is 0.373. The van der Waals surface area contributed by atoms with E-state index in [2.05, 4.69) is 11.1 Å². The van der Waals surface area contributed by atoms with Crippen LogP contribution in [-0.2, 0) is 5.60 Å². The molecule has 0 aliphatic rings. The van der Waals surface area contributed by atoms with E-state index in [-0.39, 0.29) is 0 Å². The molecule has 5 rings (SSSR count). The van der Waals surface area contributed by atoms with Crippen LogP contribution in [0.25, 0.3) is 21.9 Å². The second-order valence-electron chi connectivity index (χ2n) is 7.86. The number of nitriles is 1. The fourth-order valence-electron chi connectivity index (χ4n) is 4.04. The molecule has 0 radical (unpaired) electrons. The second kappa shape index (κ2) is 9.07. The maximum absolute atomic E-state index is 14.6. The van der Waals surface area contributed by atoms with Crippen molar-refractivity contribution in [2.24, 2.45) is 0 Å². The number of aromatic nitrogens is 1. The van der Waals surface area contributed by atoms with Crippen molar-refractivity contribution in [3.63, 3.8) is 0 Å². The molecule has 0 amide bonds. The van der Waals surface area contributed by atoms with E-state index in [1.54, 1.807) is 24.1 Å². The third kappa shape index (κ3) is 4.12. The zero-order chi connectivity index (χ0) is 23.7. The van der Waals surface area contributed by atoms with Crippen LogP contribution in [0.3, 0.4) is 0 Å². The minimum Gasteiger partial charge on any atom is -0.472 e. The number of hydrogen-bond donors (Lipinski definition) is 1. The lowest BCUT2D eigenvalue weighted by molar-refractivity contribution is 0.0756. The number of hydrogen-bond acceptors (Lipinski definition) is 6. The summed E-state index contributed by atoms with van der Waals surface area (Å²) in [5.74, 6) is -0.418. The minimum atomic E-state index is -1.35. The van der Waals surface area contributed by atoms with Crippen molar-refractivity contribution in [2.45, 2.75) is 28.7 Å². The average Bonchev–Trinajstić information content (AvgIpc) is 3.57. The number of fused-ring (bicyclic) bond motifs is 1. The number of rotatable bonds is 6. The summed E-state index contributed by atoms with van der Waals surface area (Å²) in [5, 5.41) is 25.1. The summed E-state index contributed by atoms with van der Waals surface area (Å²) < 4.78 is 19.8. The number of thiazole rings is 1. The van der Waals surface area contributed by atoms with Gasteiger partial charge in [-0.1, -0.05) is 24.8 Å². The van der Waals surface area contributed by atoms with Gasteiger partial charge in [-0.05, 0) is 76.9 Å². The Kier molecular flexibility index (Phi) is 5.96. The van der Waals surface area contributed by atoms with Crippen molar-refractivity contribution in [3.05, 3.63) is 101 Å². The summed E-state index contributed by atoms with van der Waals surface area (Å²) in [6, 6.07) is 18.4. The van der Waals surface area contributed by atoms with Crippen LogP contribution < -0.4 is 0 Å². The van der Waals surface area contributed by atoms with E-state index in [0.29, 0.717) is 27.5 Å². The van der Waals surface area contributed by atoms with E-state index in [1.165, 1.54) is 35.2 Å². The summed E-state index contributed by atoms with van der Waals surface area (Å²) >= 11 is 2.75. The zero-order valence-electron chi connectivity index (χ0n) is 18.2. The van der Waals surface area contributed by atoms with E-state index in [1.807, 2.05) is 49.4 Å². The molecule has 1 unspecified atom stereocenters.